The Morgan fingerprint density at radius 3 is 3.00 bits per heavy atom. The van der Waals surface area contributed by atoms with E-state index in [1.54, 1.807) is 0 Å². The predicted octanol–water partition coefficient (Wildman–Crippen LogP) is 2.12. The summed E-state index contributed by atoms with van der Waals surface area (Å²) in [5.74, 6) is 0.549. The summed E-state index contributed by atoms with van der Waals surface area (Å²) in [7, 11) is 0. The molecular formula is C10H11N. The number of hydrogen-bond donors (Lipinski definition) is 1. The van der Waals surface area contributed by atoms with Crippen molar-refractivity contribution in [3.8, 4) is 0 Å². The molecule has 1 aliphatic heterocycles. The second kappa shape index (κ2) is 2.42. The summed E-state index contributed by atoms with van der Waals surface area (Å²) < 4.78 is 0. The normalized spacial score (nSPS) is 26.8. The Morgan fingerprint density at radius 2 is 2.18 bits per heavy atom. The summed E-state index contributed by atoms with van der Waals surface area (Å²) in [5, 5.41) is 3.21. The van der Waals surface area contributed by atoms with Crippen LogP contribution in [0.4, 0.5) is 0 Å². The molecule has 0 spiro atoms. The molecule has 0 bridgehead atoms. The van der Waals surface area contributed by atoms with Crippen molar-refractivity contribution >= 4 is 0 Å². The molecular weight excluding hydrogens is 134 g/mol. The summed E-state index contributed by atoms with van der Waals surface area (Å²) in [6, 6.07) is 0. The zero-order valence-electron chi connectivity index (χ0n) is 6.54. The molecule has 1 atom stereocenters. The lowest BCUT2D eigenvalue weighted by Gasteiger charge is -2.21. The van der Waals surface area contributed by atoms with Crippen LogP contribution >= 0.6 is 0 Å². The maximum Gasteiger partial charge on any atom is 0.0418 e. The Labute approximate surface area is 66.8 Å². The zero-order valence-corrected chi connectivity index (χ0v) is 6.54. The third kappa shape index (κ3) is 1.03. The maximum atomic E-state index is 3.21. The molecule has 0 saturated carbocycles. The molecule has 0 radical (unpaired) electrons. The van der Waals surface area contributed by atoms with E-state index in [2.05, 4.69) is 36.5 Å². The van der Waals surface area contributed by atoms with Crippen LogP contribution in [0.15, 0.2) is 47.9 Å². The Balaban J connectivity index is 2.41. The minimum atomic E-state index is 0.549. The molecule has 1 heterocycles. The van der Waals surface area contributed by atoms with Crippen molar-refractivity contribution in [1.82, 2.24) is 5.32 Å². The third-order valence-electron chi connectivity index (χ3n) is 2.08. The van der Waals surface area contributed by atoms with Crippen LogP contribution < -0.4 is 5.32 Å². The molecule has 11 heavy (non-hydrogen) atoms. The van der Waals surface area contributed by atoms with Gasteiger partial charge >= 0.3 is 0 Å². The number of hydrogen-bond acceptors (Lipinski definition) is 1. The minimum Gasteiger partial charge on any atom is -0.361 e. The number of dihydropyridines is 1. The van der Waals surface area contributed by atoms with Crippen molar-refractivity contribution in [1.29, 1.82) is 0 Å². The summed E-state index contributed by atoms with van der Waals surface area (Å²) >= 11 is 0. The van der Waals surface area contributed by atoms with Crippen LogP contribution in [-0.4, -0.2) is 0 Å². The molecule has 0 amide bonds. The van der Waals surface area contributed by atoms with Gasteiger partial charge in [0.15, 0.2) is 0 Å². The van der Waals surface area contributed by atoms with Gasteiger partial charge in [-0.15, -0.1) is 0 Å². The first-order valence-corrected chi connectivity index (χ1v) is 3.90. The van der Waals surface area contributed by atoms with Gasteiger partial charge in [0.25, 0.3) is 0 Å². The van der Waals surface area contributed by atoms with Crippen molar-refractivity contribution in [3.63, 3.8) is 0 Å². The highest BCUT2D eigenvalue weighted by atomic mass is 14.9. The molecule has 2 rings (SSSR count). The average Bonchev–Trinajstić information content (AvgIpc) is 2.06. The smallest absolute Gasteiger partial charge is 0.0418 e. The van der Waals surface area contributed by atoms with E-state index < -0.39 is 0 Å². The molecule has 0 saturated heterocycles. The van der Waals surface area contributed by atoms with Crippen LogP contribution in [0.5, 0.6) is 0 Å². The van der Waals surface area contributed by atoms with Gasteiger partial charge in [-0.2, -0.15) is 0 Å². The second-order valence-electron chi connectivity index (χ2n) is 2.88. The van der Waals surface area contributed by atoms with Gasteiger partial charge in [-0.1, -0.05) is 25.2 Å². The monoisotopic (exact) mass is 145 g/mol. The molecule has 56 valence electrons. The van der Waals surface area contributed by atoms with Gasteiger partial charge in [-0.05, 0) is 17.7 Å². The van der Waals surface area contributed by atoms with E-state index >= 15 is 0 Å². The van der Waals surface area contributed by atoms with E-state index in [4.69, 9.17) is 0 Å². The molecule has 2 aliphatic rings. The Hall–Kier alpha value is -1.24. The molecule has 1 unspecified atom stereocenters. The fourth-order valence-corrected chi connectivity index (χ4v) is 1.43. The van der Waals surface area contributed by atoms with E-state index in [1.165, 1.54) is 11.3 Å². The lowest BCUT2D eigenvalue weighted by Crippen LogP contribution is -2.16. The topological polar surface area (TPSA) is 12.0 Å². The van der Waals surface area contributed by atoms with Gasteiger partial charge < -0.3 is 5.32 Å². The number of nitrogens with one attached hydrogen (secondary N) is 1. The second-order valence-corrected chi connectivity index (χ2v) is 2.88. The highest BCUT2D eigenvalue weighted by Crippen LogP contribution is 2.24. The van der Waals surface area contributed by atoms with Crippen LogP contribution in [-0.2, 0) is 0 Å². The van der Waals surface area contributed by atoms with Gasteiger partial charge in [0.2, 0.25) is 0 Å². The quantitative estimate of drug-likeness (QED) is 0.550. The Morgan fingerprint density at radius 1 is 1.27 bits per heavy atom. The van der Waals surface area contributed by atoms with Gasteiger partial charge in [-0.3, -0.25) is 0 Å². The first-order chi connectivity index (χ1) is 5.38. The van der Waals surface area contributed by atoms with Gasteiger partial charge in [0, 0.05) is 17.8 Å². The van der Waals surface area contributed by atoms with Gasteiger partial charge in [0.05, 0.1) is 0 Å². The molecule has 0 aromatic rings. The first kappa shape index (κ1) is 6.47. The van der Waals surface area contributed by atoms with Crippen molar-refractivity contribution < 1.29 is 0 Å². The molecule has 1 aliphatic carbocycles. The van der Waals surface area contributed by atoms with Gasteiger partial charge in [0.1, 0.15) is 0 Å². The summed E-state index contributed by atoms with van der Waals surface area (Å²) in [6.45, 7) is 2.20. The van der Waals surface area contributed by atoms with Crippen molar-refractivity contribution in [2.45, 2.75) is 6.92 Å². The molecule has 1 heteroatoms. The standard InChI is InChI=1S/C10H11N/c1-8-4-2-6-10-9(8)5-3-7-11-10/h2-8,11H,1H3. The van der Waals surface area contributed by atoms with Crippen LogP contribution in [0, 0.1) is 5.92 Å². The van der Waals surface area contributed by atoms with E-state index in [1.807, 2.05) is 12.3 Å². The molecule has 0 fully saturated rings. The van der Waals surface area contributed by atoms with E-state index in [-0.39, 0.29) is 0 Å². The largest absolute Gasteiger partial charge is 0.361 e. The average molecular weight is 145 g/mol. The lowest BCUT2D eigenvalue weighted by molar-refractivity contribution is 0.824. The fourth-order valence-electron chi connectivity index (χ4n) is 1.43. The number of allylic oxidation sites excluding steroid dienone is 6. The summed E-state index contributed by atoms with van der Waals surface area (Å²) in [6.07, 6.45) is 12.6. The summed E-state index contributed by atoms with van der Waals surface area (Å²) in [5.41, 5.74) is 2.62. The molecule has 1 N–H and O–H groups in total. The Kier molecular flexibility index (Phi) is 1.42. The van der Waals surface area contributed by atoms with Crippen molar-refractivity contribution in [2.24, 2.45) is 5.92 Å². The molecule has 0 aromatic heterocycles. The zero-order chi connectivity index (χ0) is 7.68. The van der Waals surface area contributed by atoms with Gasteiger partial charge in [-0.25, -0.2) is 0 Å². The van der Waals surface area contributed by atoms with E-state index in [9.17, 15) is 0 Å². The van der Waals surface area contributed by atoms with E-state index in [0.29, 0.717) is 5.92 Å². The van der Waals surface area contributed by atoms with Crippen LogP contribution in [0.1, 0.15) is 6.92 Å². The highest BCUT2D eigenvalue weighted by Gasteiger charge is 2.13. The maximum absolute atomic E-state index is 3.21. The highest BCUT2D eigenvalue weighted by molar-refractivity contribution is 5.44. The van der Waals surface area contributed by atoms with Crippen molar-refractivity contribution in [2.75, 3.05) is 0 Å². The SMILES string of the molecule is CC1C=CC=C2NC=CC=C21. The van der Waals surface area contributed by atoms with Crippen molar-refractivity contribution in [3.05, 3.63) is 47.9 Å². The van der Waals surface area contributed by atoms with E-state index in [0.717, 1.165) is 0 Å². The molecule has 1 nitrogen and oxygen atoms in total. The predicted molar refractivity (Wildman–Crippen MR) is 46.7 cm³/mol. The first-order valence-electron chi connectivity index (χ1n) is 3.90. The van der Waals surface area contributed by atoms with Crippen LogP contribution in [0.2, 0.25) is 0 Å². The molecule has 0 aromatic carbocycles. The fraction of sp³-hybridized carbons (Fsp3) is 0.200. The lowest BCUT2D eigenvalue weighted by atomic mass is 9.92. The number of fused-ring (bicyclic) bond motifs is 1. The Bertz CT molecular complexity index is 279. The van der Waals surface area contributed by atoms with Crippen LogP contribution in [0.25, 0.3) is 0 Å². The number of rotatable bonds is 0. The summed E-state index contributed by atoms with van der Waals surface area (Å²) in [4.78, 5) is 0. The van der Waals surface area contributed by atoms with Crippen LogP contribution in [0.3, 0.4) is 0 Å². The third-order valence-corrected chi connectivity index (χ3v) is 2.08. The minimum absolute atomic E-state index is 0.549.